The Morgan fingerprint density at radius 1 is 1.07 bits per heavy atom. The van der Waals surface area contributed by atoms with E-state index in [4.69, 9.17) is 18.9 Å². The first kappa shape index (κ1) is 45.2. The van der Waals surface area contributed by atoms with Gasteiger partial charge in [-0.3, -0.25) is 23.9 Å². The maximum absolute atomic E-state index is 15.0. The average molecular weight is 865 g/mol. The molecule has 2 aliphatic carbocycles. The van der Waals surface area contributed by atoms with E-state index in [1.807, 2.05) is 19.1 Å². The number of fused-ring (bicyclic) bond motifs is 3. The Morgan fingerprint density at radius 2 is 1.78 bits per heavy atom. The minimum Gasteiger partial charge on any atom is -0.497 e. The van der Waals surface area contributed by atoms with Gasteiger partial charge in [0.1, 0.15) is 17.5 Å². The van der Waals surface area contributed by atoms with Crippen molar-refractivity contribution in [3.63, 3.8) is 0 Å². The number of benzene rings is 1. The van der Waals surface area contributed by atoms with Crippen LogP contribution in [0.4, 0.5) is 13.2 Å². The Bertz CT molecular complexity index is 2140. The molecule has 0 bridgehead atoms. The number of Topliss-reactive ketones (excluding diaryl/α,β-unsaturated/α-hetero) is 1. The number of methoxy groups -OCH3 is 2. The Balaban J connectivity index is 1.38. The molecular weight excluding hydrogens is 810 g/mol. The number of nitrogens with one attached hydrogen (secondary N) is 1. The molecule has 0 spiro atoms. The third-order valence-electron chi connectivity index (χ3n) is 12.7. The fourth-order valence-corrected chi connectivity index (χ4v) is 9.69. The van der Waals surface area contributed by atoms with Gasteiger partial charge in [0.15, 0.2) is 5.78 Å². The lowest BCUT2D eigenvalue weighted by Gasteiger charge is -2.34. The number of aryl methyl sites for hydroxylation is 1. The Labute approximate surface area is 348 Å². The fraction of sp³-hybridized carbons (Fsp3) is 0.667. The van der Waals surface area contributed by atoms with Crippen LogP contribution in [0.5, 0.6) is 11.6 Å². The van der Waals surface area contributed by atoms with Gasteiger partial charge in [0.05, 0.1) is 53.2 Å². The number of alkyl halides is 3. The van der Waals surface area contributed by atoms with Crippen LogP contribution in [-0.4, -0.2) is 103 Å². The summed E-state index contributed by atoms with van der Waals surface area (Å²) in [5.74, 6) is -5.06. The van der Waals surface area contributed by atoms with E-state index in [0.717, 1.165) is 13.8 Å². The molecule has 1 saturated heterocycles. The number of carbonyl (C=O) groups is 4. The van der Waals surface area contributed by atoms with Crippen LogP contribution in [-0.2, 0) is 38.7 Å². The van der Waals surface area contributed by atoms with Gasteiger partial charge in [-0.15, -0.1) is 0 Å². The van der Waals surface area contributed by atoms with Crippen molar-refractivity contribution < 1.29 is 59.7 Å². The van der Waals surface area contributed by atoms with Crippen molar-refractivity contribution in [2.45, 2.75) is 121 Å². The number of halogens is 3. The van der Waals surface area contributed by atoms with E-state index in [1.54, 1.807) is 32.0 Å². The minimum atomic E-state index is -4.90. The summed E-state index contributed by atoms with van der Waals surface area (Å²) in [6.45, 7) is 6.45. The van der Waals surface area contributed by atoms with E-state index in [-0.39, 0.29) is 37.8 Å². The smallest absolute Gasteiger partial charge is 0.427 e. The van der Waals surface area contributed by atoms with E-state index in [0.29, 0.717) is 54.6 Å². The first-order chi connectivity index (χ1) is 28.0. The van der Waals surface area contributed by atoms with E-state index in [1.165, 1.54) is 19.1 Å². The van der Waals surface area contributed by atoms with Crippen molar-refractivity contribution in [3.05, 3.63) is 36.0 Å². The summed E-state index contributed by atoms with van der Waals surface area (Å²) in [5, 5.41) is 0. The number of ether oxygens (including phenoxy) is 4. The number of nitrogens with zero attached hydrogens (tertiary/aromatic N) is 3. The molecule has 2 saturated carbocycles. The van der Waals surface area contributed by atoms with Gasteiger partial charge in [-0.2, -0.15) is 13.2 Å². The molecule has 2 amide bonds. The fourth-order valence-electron chi connectivity index (χ4n) is 8.36. The molecule has 18 heteroatoms. The summed E-state index contributed by atoms with van der Waals surface area (Å²) in [6.07, 6.45) is -0.705. The molecule has 3 fully saturated rings. The molecule has 0 unspecified atom stereocenters. The summed E-state index contributed by atoms with van der Waals surface area (Å²) in [5.41, 5.74) is -2.80. The highest BCUT2D eigenvalue weighted by molar-refractivity contribution is 7.91. The number of aromatic nitrogens is 2. The van der Waals surface area contributed by atoms with Crippen molar-refractivity contribution in [2.75, 3.05) is 27.4 Å². The Morgan fingerprint density at radius 3 is 2.43 bits per heavy atom. The number of ketones is 1. The molecule has 6 rings (SSSR count). The third kappa shape index (κ3) is 9.43. The Hall–Kier alpha value is -4.32. The summed E-state index contributed by atoms with van der Waals surface area (Å²) >= 11 is 0. The first-order valence-corrected chi connectivity index (χ1v) is 21.8. The van der Waals surface area contributed by atoms with Gasteiger partial charge < -0.3 is 23.8 Å². The summed E-state index contributed by atoms with van der Waals surface area (Å²) in [7, 11) is -1.12. The second kappa shape index (κ2) is 16.9. The molecule has 0 radical (unpaired) electrons. The molecule has 2 aliphatic heterocycles. The Kier molecular flexibility index (Phi) is 12.7. The van der Waals surface area contributed by atoms with Crippen molar-refractivity contribution in [1.82, 2.24) is 19.6 Å². The topological polar surface area (TPSA) is 180 Å². The second-order valence-electron chi connectivity index (χ2n) is 17.8. The lowest BCUT2D eigenvalue weighted by Crippen LogP contribution is -2.49. The van der Waals surface area contributed by atoms with Crippen LogP contribution in [0, 0.1) is 36.0 Å². The molecule has 2 aromatic rings. The van der Waals surface area contributed by atoms with Crippen LogP contribution in [0.3, 0.4) is 0 Å². The van der Waals surface area contributed by atoms with Crippen molar-refractivity contribution >= 4 is 44.6 Å². The second-order valence-corrected chi connectivity index (χ2v) is 20.0. The monoisotopic (exact) mass is 864 g/mol. The molecule has 7 atom stereocenters. The van der Waals surface area contributed by atoms with Gasteiger partial charge in [0.25, 0.3) is 0 Å². The van der Waals surface area contributed by atoms with E-state index >= 15 is 4.79 Å². The van der Waals surface area contributed by atoms with Crippen LogP contribution in [0.1, 0.15) is 91.2 Å². The van der Waals surface area contributed by atoms with Crippen LogP contribution in [0.2, 0.25) is 0 Å². The number of sulfonamides is 1. The quantitative estimate of drug-likeness (QED) is 0.213. The van der Waals surface area contributed by atoms with E-state index in [2.05, 4.69) is 14.7 Å². The number of rotatable bonds is 11. The lowest BCUT2D eigenvalue weighted by atomic mass is 9.81. The highest BCUT2D eigenvalue weighted by Crippen LogP contribution is 2.58. The van der Waals surface area contributed by atoms with Gasteiger partial charge in [-0.25, -0.2) is 18.4 Å². The molecule has 1 aromatic carbocycles. The summed E-state index contributed by atoms with van der Waals surface area (Å²) in [6, 6.07) is 3.93. The third-order valence-corrected chi connectivity index (χ3v) is 14.9. The predicted molar refractivity (Wildman–Crippen MR) is 212 cm³/mol. The highest BCUT2D eigenvalue weighted by Gasteiger charge is 2.63. The average Bonchev–Trinajstić information content (AvgIpc) is 4.04. The maximum atomic E-state index is 15.0. The van der Waals surface area contributed by atoms with Crippen molar-refractivity contribution in [2.24, 2.45) is 29.1 Å². The van der Waals surface area contributed by atoms with Crippen molar-refractivity contribution in [3.8, 4) is 11.6 Å². The van der Waals surface area contributed by atoms with Gasteiger partial charge in [0, 0.05) is 32.6 Å². The number of hydrogen-bond acceptors (Lipinski definition) is 12. The van der Waals surface area contributed by atoms with Crippen LogP contribution >= 0.6 is 0 Å². The van der Waals surface area contributed by atoms with Crippen LogP contribution < -0.4 is 14.2 Å². The number of allylic oxidation sites excluding steroid dienone is 2. The molecular formula is C42H55F3N4O10S. The van der Waals surface area contributed by atoms with Crippen molar-refractivity contribution in [1.29, 1.82) is 0 Å². The molecule has 330 valence electrons. The van der Waals surface area contributed by atoms with E-state index in [9.17, 15) is 36.0 Å². The largest absolute Gasteiger partial charge is 0.497 e. The normalized spacial score (nSPS) is 29.1. The maximum Gasteiger partial charge on any atom is 0.427 e. The molecule has 1 aromatic heterocycles. The number of amides is 2. The zero-order valence-corrected chi connectivity index (χ0v) is 35.9. The number of esters is 1. The first-order valence-electron chi connectivity index (χ1n) is 20.4. The van der Waals surface area contributed by atoms with Gasteiger partial charge in [-0.05, 0) is 96.1 Å². The molecule has 4 aliphatic rings. The molecule has 1 N–H and O–H groups in total. The predicted octanol–water partition coefficient (Wildman–Crippen LogP) is 5.79. The van der Waals surface area contributed by atoms with Gasteiger partial charge in [0.2, 0.25) is 33.3 Å². The summed E-state index contributed by atoms with van der Waals surface area (Å²) in [4.78, 5) is 67.7. The van der Waals surface area contributed by atoms with Crippen LogP contribution in [0.15, 0.2) is 30.4 Å². The zero-order chi connectivity index (χ0) is 44.0. The summed E-state index contributed by atoms with van der Waals surface area (Å²) < 4.78 is 91.5. The van der Waals surface area contributed by atoms with Gasteiger partial charge in [-0.1, -0.05) is 19.1 Å². The lowest BCUT2D eigenvalue weighted by molar-refractivity contribution is -0.257. The number of hydrogen-bond donors (Lipinski definition) is 1. The SMILES string of the molecule is COC[C@@H]1C[C@@H](C)CC/C=C\[C@@H]2C[C@@]2(C(=O)NS(=O)(=O)C2(C)CC2)CC(=O)[C@@H]2C[C@@H](Oc3nc4cc(OC)ccc4nc3C)CN2C(=O)[C@H]1CC(=O)OC(C)(C)C(F)(F)F. The molecule has 3 heterocycles. The van der Waals surface area contributed by atoms with Gasteiger partial charge >= 0.3 is 12.1 Å². The van der Waals surface area contributed by atoms with E-state index < -0.39 is 98.3 Å². The molecule has 60 heavy (non-hydrogen) atoms. The molecule has 14 nitrogen and oxygen atoms in total. The zero-order valence-electron chi connectivity index (χ0n) is 35.1. The number of carbonyl (C=O) groups excluding carboxylic acids is 4. The highest BCUT2D eigenvalue weighted by atomic mass is 32.2. The minimum absolute atomic E-state index is 0.0208. The standard InChI is InChI=1S/C42H55F3N4O10S/c1-24-10-8-9-11-27-20-41(27,38(53)48-60(54,55)40(5)14-15-40)21-34(50)33-18-29(58-36-25(2)46-31-13-12-28(57-7)17-32(31)47-36)22-49(33)37(52)30(26(16-24)23-56-6)19-35(51)59-39(3,4)42(43,44)45/h9,11-13,17,24,26-27,29-30,33H,8,10,14-16,18-23H2,1-7H3,(H,48,53)/b11-9-/t24-,26-,27+,29+,30-,33-,41+/m0/s1. The van der Waals surface area contributed by atoms with Crippen LogP contribution in [0.25, 0.3) is 11.0 Å².